The lowest BCUT2D eigenvalue weighted by Crippen LogP contribution is -2.38. The Kier molecular flexibility index (Phi) is 10.6. The van der Waals surface area contributed by atoms with Crippen molar-refractivity contribution >= 4 is 35.8 Å². The Morgan fingerprint density at radius 1 is 1.29 bits per heavy atom. The molecule has 0 spiro atoms. The van der Waals surface area contributed by atoms with E-state index in [0.29, 0.717) is 25.6 Å². The fraction of sp³-hybridized carbons (Fsp3) is 0.429. The summed E-state index contributed by atoms with van der Waals surface area (Å²) >= 11 is 0. The molecule has 118 valence electrons. The van der Waals surface area contributed by atoms with E-state index in [1.807, 2.05) is 0 Å². The summed E-state index contributed by atoms with van der Waals surface area (Å²) < 4.78 is 13.3. The predicted molar refractivity (Wildman–Crippen MR) is 93.5 cm³/mol. The van der Waals surface area contributed by atoms with Crippen LogP contribution in [0.5, 0.6) is 0 Å². The van der Waals surface area contributed by atoms with E-state index in [0.717, 1.165) is 12.8 Å². The number of halogens is 2. The van der Waals surface area contributed by atoms with Crippen LogP contribution >= 0.6 is 24.0 Å². The van der Waals surface area contributed by atoms with Crippen molar-refractivity contribution in [3.05, 3.63) is 35.6 Å². The molecule has 0 atom stereocenters. The van der Waals surface area contributed by atoms with Crippen LogP contribution in [0.2, 0.25) is 0 Å². The summed E-state index contributed by atoms with van der Waals surface area (Å²) in [5.74, 6) is -0.608. The van der Waals surface area contributed by atoms with Gasteiger partial charge in [0.15, 0.2) is 5.96 Å². The van der Waals surface area contributed by atoms with Crippen molar-refractivity contribution in [1.29, 1.82) is 0 Å². The molecule has 4 N–H and O–H groups in total. The first-order valence-electron chi connectivity index (χ1n) is 6.71. The quantitative estimate of drug-likeness (QED) is 0.279. The molecule has 0 fully saturated rings. The number of nitrogens with two attached hydrogens (primary N) is 1. The fourth-order valence-corrected chi connectivity index (χ4v) is 1.52. The molecule has 0 aliphatic carbocycles. The molecule has 0 radical (unpaired) electrons. The Morgan fingerprint density at radius 2 is 1.95 bits per heavy atom. The molecular formula is C14H22FIN4O. The number of benzene rings is 1. The smallest absolute Gasteiger partial charge is 0.254 e. The molecule has 1 aromatic carbocycles. The van der Waals surface area contributed by atoms with Crippen LogP contribution in [0.15, 0.2) is 29.3 Å². The molecule has 0 aliphatic heterocycles. The summed E-state index contributed by atoms with van der Waals surface area (Å²) in [6, 6.07) is 5.86. The van der Waals surface area contributed by atoms with Crippen LogP contribution in [0.4, 0.5) is 4.39 Å². The van der Waals surface area contributed by atoms with Crippen LogP contribution < -0.4 is 16.4 Å². The fourth-order valence-electron chi connectivity index (χ4n) is 1.52. The maximum atomic E-state index is 13.3. The minimum atomic E-state index is -0.529. The maximum absolute atomic E-state index is 13.3. The van der Waals surface area contributed by atoms with Crippen LogP contribution in [0.3, 0.4) is 0 Å². The van der Waals surface area contributed by atoms with Crippen LogP contribution in [-0.2, 0) is 0 Å². The molecule has 1 aromatic rings. The molecule has 0 saturated carbocycles. The zero-order chi connectivity index (χ0) is 14.8. The molecule has 1 amide bonds. The lowest BCUT2D eigenvalue weighted by atomic mass is 10.2. The van der Waals surface area contributed by atoms with Crippen LogP contribution in [0.1, 0.15) is 30.1 Å². The van der Waals surface area contributed by atoms with Gasteiger partial charge < -0.3 is 16.4 Å². The van der Waals surface area contributed by atoms with E-state index in [-0.39, 0.29) is 29.5 Å². The minimum absolute atomic E-state index is 0. The number of guanidine groups is 1. The van der Waals surface area contributed by atoms with Gasteiger partial charge >= 0.3 is 0 Å². The average Bonchev–Trinajstić information content (AvgIpc) is 2.44. The molecular weight excluding hydrogens is 386 g/mol. The van der Waals surface area contributed by atoms with E-state index in [2.05, 4.69) is 22.5 Å². The van der Waals surface area contributed by atoms with Crippen molar-refractivity contribution in [2.45, 2.75) is 19.8 Å². The van der Waals surface area contributed by atoms with Gasteiger partial charge in [-0.2, -0.15) is 0 Å². The number of hydrogen-bond acceptors (Lipinski definition) is 2. The van der Waals surface area contributed by atoms with E-state index in [1.54, 1.807) is 12.1 Å². The summed E-state index contributed by atoms with van der Waals surface area (Å²) in [5.41, 5.74) is 5.67. The SMILES string of the molecule is CCCCN=C(N)NCCNC(=O)c1ccccc1F.I. The zero-order valence-corrected chi connectivity index (χ0v) is 14.4. The van der Waals surface area contributed by atoms with Crippen molar-refractivity contribution < 1.29 is 9.18 Å². The third-order valence-electron chi connectivity index (χ3n) is 2.63. The van der Waals surface area contributed by atoms with Gasteiger partial charge in [0, 0.05) is 19.6 Å². The zero-order valence-electron chi connectivity index (χ0n) is 12.1. The number of carbonyl (C=O) groups excluding carboxylic acids is 1. The van der Waals surface area contributed by atoms with E-state index in [9.17, 15) is 9.18 Å². The monoisotopic (exact) mass is 408 g/mol. The first kappa shape index (κ1) is 19.6. The molecule has 0 aliphatic rings. The Hall–Kier alpha value is -1.38. The van der Waals surface area contributed by atoms with Crippen molar-refractivity contribution in [2.24, 2.45) is 10.7 Å². The molecule has 0 aromatic heterocycles. The minimum Gasteiger partial charge on any atom is -0.370 e. The number of nitrogens with one attached hydrogen (secondary N) is 2. The Balaban J connectivity index is 0.00000400. The van der Waals surface area contributed by atoms with E-state index in [1.165, 1.54) is 12.1 Å². The number of nitrogens with zero attached hydrogens (tertiary/aromatic N) is 1. The lowest BCUT2D eigenvalue weighted by Gasteiger charge is -2.08. The van der Waals surface area contributed by atoms with Crippen molar-refractivity contribution in [3.63, 3.8) is 0 Å². The van der Waals surface area contributed by atoms with Crippen molar-refractivity contribution in [1.82, 2.24) is 10.6 Å². The molecule has 7 heteroatoms. The highest BCUT2D eigenvalue weighted by Crippen LogP contribution is 2.05. The maximum Gasteiger partial charge on any atom is 0.254 e. The molecule has 0 saturated heterocycles. The van der Waals surface area contributed by atoms with Gasteiger partial charge in [-0.1, -0.05) is 25.5 Å². The standard InChI is InChI=1S/C14H21FN4O.HI/c1-2-3-8-18-14(16)19-10-9-17-13(20)11-6-4-5-7-12(11)15;/h4-7H,2-3,8-10H2,1H3,(H,17,20)(H3,16,18,19);1H. The summed E-state index contributed by atoms with van der Waals surface area (Å²) in [6.45, 7) is 3.56. The lowest BCUT2D eigenvalue weighted by molar-refractivity contribution is 0.0950. The van der Waals surface area contributed by atoms with Gasteiger partial charge in [0.2, 0.25) is 0 Å². The summed E-state index contributed by atoms with van der Waals surface area (Å²) in [7, 11) is 0. The molecule has 5 nitrogen and oxygen atoms in total. The number of aliphatic imine (C=N–C) groups is 1. The Labute approximate surface area is 141 Å². The second kappa shape index (κ2) is 11.3. The van der Waals surface area contributed by atoms with Crippen LogP contribution in [0.25, 0.3) is 0 Å². The van der Waals surface area contributed by atoms with E-state index in [4.69, 9.17) is 5.73 Å². The topological polar surface area (TPSA) is 79.5 Å². The van der Waals surface area contributed by atoms with Crippen LogP contribution in [0, 0.1) is 5.82 Å². The van der Waals surface area contributed by atoms with Gasteiger partial charge in [-0.25, -0.2) is 4.39 Å². The third kappa shape index (κ3) is 7.84. The Bertz CT molecular complexity index is 468. The first-order chi connectivity index (χ1) is 9.65. The summed E-state index contributed by atoms with van der Waals surface area (Å²) in [4.78, 5) is 15.8. The highest BCUT2D eigenvalue weighted by molar-refractivity contribution is 14.0. The van der Waals surface area contributed by atoms with Gasteiger partial charge in [0.25, 0.3) is 5.91 Å². The van der Waals surface area contributed by atoms with Gasteiger partial charge in [-0.3, -0.25) is 9.79 Å². The second-order valence-electron chi connectivity index (χ2n) is 4.28. The summed E-state index contributed by atoms with van der Waals surface area (Å²) in [5, 5.41) is 5.49. The number of hydrogen-bond donors (Lipinski definition) is 3. The average molecular weight is 408 g/mol. The summed E-state index contributed by atoms with van der Waals surface area (Å²) in [6.07, 6.45) is 2.06. The van der Waals surface area contributed by atoms with E-state index >= 15 is 0 Å². The Morgan fingerprint density at radius 3 is 2.62 bits per heavy atom. The number of amides is 1. The molecule has 0 unspecified atom stereocenters. The normalized spacial score (nSPS) is 10.7. The molecule has 21 heavy (non-hydrogen) atoms. The highest BCUT2D eigenvalue weighted by atomic mass is 127. The largest absolute Gasteiger partial charge is 0.370 e. The second-order valence-corrected chi connectivity index (χ2v) is 4.28. The highest BCUT2D eigenvalue weighted by Gasteiger charge is 2.09. The van der Waals surface area contributed by atoms with Gasteiger partial charge in [0.1, 0.15) is 5.82 Å². The predicted octanol–water partition coefficient (Wildman–Crippen LogP) is 1.88. The van der Waals surface area contributed by atoms with Crippen molar-refractivity contribution in [2.75, 3.05) is 19.6 Å². The first-order valence-corrected chi connectivity index (χ1v) is 6.71. The van der Waals surface area contributed by atoms with E-state index < -0.39 is 11.7 Å². The van der Waals surface area contributed by atoms with Crippen LogP contribution in [-0.4, -0.2) is 31.5 Å². The molecule has 0 heterocycles. The third-order valence-corrected chi connectivity index (χ3v) is 2.63. The number of rotatable bonds is 7. The molecule has 0 bridgehead atoms. The van der Waals surface area contributed by atoms with Crippen molar-refractivity contribution in [3.8, 4) is 0 Å². The number of unbranched alkanes of at least 4 members (excludes halogenated alkanes) is 1. The van der Waals surface area contributed by atoms with Gasteiger partial charge in [-0.15, -0.1) is 24.0 Å². The van der Waals surface area contributed by atoms with Gasteiger partial charge in [0.05, 0.1) is 5.56 Å². The molecule has 1 rings (SSSR count). The number of carbonyl (C=O) groups is 1. The van der Waals surface area contributed by atoms with Gasteiger partial charge in [-0.05, 0) is 18.6 Å².